The van der Waals surface area contributed by atoms with E-state index in [-0.39, 0.29) is 0 Å². The van der Waals surface area contributed by atoms with Gasteiger partial charge < -0.3 is 10.1 Å². The number of nitrogens with one attached hydrogen (secondary N) is 1. The Bertz CT molecular complexity index is 366. The van der Waals surface area contributed by atoms with E-state index in [1.807, 2.05) is 25.3 Å². The molecule has 0 spiro atoms. The normalized spacial score (nSPS) is 10.7. The van der Waals surface area contributed by atoms with Gasteiger partial charge in [-0.25, -0.2) is 0 Å². The van der Waals surface area contributed by atoms with Crippen LogP contribution in [0.25, 0.3) is 0 Å². The average molecular weight is 262 g/mol. The minimum atomic E-state index is 0.719. The fourth-order valence-corrected chi connectivity index (χ4v) is 2.04. The van der Waals surface area contributed by atoms with Crippen molar-refractivity contribution in [2.75, 3.05) is 33.3 Å². The van der Waals surface area contributed by atoms with Gasteiger partial charge in [0.1, 0.15) is 12.4 Å². The number of ether oxygens (including phenoxy) is 1. The second-order valence-corrected chi connectivity index (χ2v) is 4.62. The van der Waals surface area contributed by atoms with Crippen LogP contribution in [0.4, 0.5) is 0 Å². The summed E-state index contributed by atoms with van der Waals surface area (Å²) in [4.78, 5) is 2.35. The van der Waals surface area contributed by atoms with Crippen molar-refractivity contribution in [3.8, 4) is 5.75 Å². The maximum Gasteiger partial charge on any atom is 0.119 e. The highest BCUT2D eigenvalue weighted by atomic mass is 16.5. The number of nitrogens with zero attached hydrogens (tertiary/aromatic N) is 1. The number of rotatable bonds is 10. The Balaban J connectivity index is 2.38. The van der Waals surface area contributed by atoms with Crippen LogP contribution < -0.4 is 10.1 Å². The summed E-state index contributed by atoms with van der Waals surface area (Å²) >= 11 is 0. The summed E-state index contributed by atoms with van der Waals surface area (Å²) in [6.07, 6.45) is 3.11. The molecular formula is C16H26N2O. The van der Waals surface area contributed by atoms with Crippen molar-refractivity contribution in [1.29, 1.82) is 0 Å². The lowest BCUT2D eigenvalue weighted by Crippen LogP contribution is -2.29. The summed E-state index contributed by atoms with van der Waals surface area (Å²) < 4.78 is 5.81. The van der Waals surface area contributed by atoms with Gasteiger partial charge in [-0.1, -0.05) is 25.1 Å². The molecular weight excluding hydrogens is 236 g/mol. The first kappa shape index (κ1) is 15.7. The summed E-state index contributed by atoms with van der Waals surface area (Å²) in [6.45, 7) is 10.5. The topological polar surface area (TPSA) is 24.5 Å². The van der Waals surface area contributed by atoms with Crippen LogP contribution in [-0.4, -0.2) is 38.2 Å². The Morgan fingerprint density at radius 3 is 2.89 bits per heavy atom. The summed E-state index contributed by atoms with van der Waals surface area (Å²) in [5.41, 5.74) is 1.25. The summed E-state index contributed by atoms with van der Waals surface area (Å²) in [5, 5.41) is 3.14. The number of hydrogen-bond donors (Lipinski definition) is 1. The third kappa shape index (κ3) is 6.41. The van der Waals surface area contributed by atoms with Gasteiger partial charge in [-0.15, -0.1) is 6.58 Å². The van der Waals surface area contributed by atoms with Gasteiger partial charge in [0.15, 0.2) is 0 Å². The minimum Gasteiger partial charge on any atom is -0.492 e. The lowest BCUT2D eigenvalue weighted by Gasteiger charge is -2.19. The highest BCUT2D eigenvalue weighted by Gasteiger charge is 2.02. The molecule has 1 N–H and O–H groups in total. The lowest BCUT2D eigenvalue weighted by molar-refractivity contribution is 0.223. The quantitative estimate of drug-likeness (QED) is 0.656. The van der Waals surface area contributed by atoms with E-state index in [2.05, 4.69) is 35.9 Å². The van der Waals surface area contributed by atoms with Crippen molar-refractivity contribution in [1.82, 2.24) is 10.2 Å². The SMILES string of the molecule is C=CCN(CCC)CCOc1cccc(CNC)c1. The van der Waals surface area contributed by atoms with Crippen LogP contribution in [0.15, 0.2) is 36.9 Å². The van der Waals surface area contributed by atoms with Crippen molar-refractivity contribution >= 4 is 0 Å². The van der Waals surface area contributed by atoms with E-state index in [0.717, 1.165) is 45.0 Å². The van der Waals surface area contributed by atoms with Crippen LogP contribution in [0, 0.1) is 0 Å². The summed E-state index contributed by atoms with van der Waals surface area (Å²) in [5.74, 6) is 0.947. The van der Waals surface area contributed by atoms with Crippen molar-refractivity contribution in [3.63, 3.8) is 0 Å². The Labute approximate surface area is 117 Å². The van der Waals surface area contributed by atoms with Gasteiger partial charge in [0, 0.05) is 19.6 Å². The maximum absolute atomic E-state index is 5.81. The molecule has 0 heterocycles. The van der Waals surface area contributed by atoms with E-state index in [0.29, 0.717) is 0 Å². The lowest BCUT2D eigenvalue weighted by atomic mass is 10.2. The van der Waals surface area contributed by atoms with Crippen molar-refractivity contribution < 1.29 is 4.74 Å². The van der Waals surface area contributed by atoms with Gasteiger partial charge in [-0.05, 0) is 37.7 Å². The zero-order chi connectivity index (χ0) is 13.9. The van der Waals surface area contributed by atoms with Gasteiger partial charge >= 0.3 is 0 Å². The molecule has 0 saturated heterocycles. The van der Waals surface area contributed by atoms with Crippen LogP contribution >= 0.6 is 0 Å². The van der Waals surface area contributed by atoms with Crippen LogP contribution in [-0.2, 0) is 6.54 Å². The van der Waals surface area contributed by atoms with Crippen LogP contribution in [0.5, 0.6) is 5.75 Å². The molecule has 0 aliphatic rings. The van der Waals surface area contributed by atoms with E-state index in [9.17, 15) is 0 Å². The van der Waals surface area contributed by atoms with E-state index in [4.69, 9.17) is 4.74 Å². The van der Waals surface area contributed by atoms with Crippen LogP contribution in [0.1, 0.15) is 18.9 Å². The largest absolute Gasteiger partial charge is 0.492 e. The molecule has 0 bridgehead atoms. The van der Waals surface area contributed by atoms with Gasteiger partial charge in [-0.2, -0.15) is 0 Å². The van der Waals surface area contributed by atoms with Crippen molar-refractivity contribution in [3.05, 3.63) is 42.5 Å². The predicted octanol–water partition coefficient (Wildman–Crippen LogP) is 2.68. The molecule has 0 amide bonds. The first-order valence-corrected chi connectivity index (χ1v) is 6.99. The number of benzene rings is 1. The molecule has 1 aromatic rings. The Morgan fingerprint density at radius 1 is 1.37 bits per heavy atom. The van der Waals surface area contributed by atoms with Crippen LogP contribution in [0.3, 0.4) is 0 Å². The standard InChI is InChI=1S/C16H26N2O/c1-4-9-18(10-5-2)11-12-19-16-8-6-7-15(13-16)14-17-3/h4,6-8,13,17H,1,5,9-12,14H2,2-3H3. The molecule has 0 radical (unpaired) electrons. The van der Waals surface area contributed by atoms with Crippen molar-refractivity contribution in [2.24, 2.45) is 0 Å². The maximum atomic E-state index is 5.81. The summed E-state index contributed by atoms with van der Waals surface area (Å²) in [6, 6.07) is 8.24. The van der Waals surface area contributed by atoms with Gasteiger partial charge in [0.25, 0.3) is 0 Å². The molecule has 1 aromatic carbocycles. The molecule has 1 rings (SSSR count). The summed E-state index contributed by atoms with van der Waals surface area (Å²) in [7, 11) is 1.95. The second kappa shape index (κ2) is 9.59. The van der Waals surface area contributed by atoms with Gasteiger partial charge in [0.05, 0.1) is 0 Å². The predicted molar refractivity (Wildman–Crippen MR) is 81.6 cm³/mol. The van der Waals surface area contributed by atoms with E-state index < -0.39 is 0 Å². The molecule has 0 unspecified atom stereocenters. The third-order valence-corrected chi connectivity index (χ3v) is 2.88. The highest BCUT2D eigenvalue weighted by Crippen LogP contribution is 2.13. The fourth-order valence-electron chi connectivity index (χ4n) is 2.04. The molecule has 0 atom stereocenters. The van der Waals surface area contributed by atoms with E-state index in [1.54, 1.807) is 0 Å². The zero-order valence-corrected chi connectivity index (χ0v) is 12.2. The molecule has 0 aromatic heterocycles. The second-order valence-electron chi connectivity index (χ2n) is 4.62. The molecule has 0 aliphatic heterocycles. The average Bonchev–Trinajstić information content (AvgIpc) is 2.40. The minimum absolute atomic E-state index is 0.719. The van der Waals surface area contributed by atoms with E-state index in [1.165, 1.54) is 5.56 Å². The van der Waals surface area contributed by atoms with Gasteiger partial charge in [-0.3, -0.25) is 4.90 Å². The van der Waals surface area contributed by atoms with E-state index >= 15 is 0 Å². The molecule has 0 saturated carbocycles. The van der Waals surface area contributed by atoms with Gasteiger partial charge in [0.2, 0.25) is 0 Å². The highest BCUT2D eigenvalue weighted by molar-refractivity contribution is 5.28. The molecule has 106 valence electrons. The third-order valence-electron chi connectivity index (χ3n) is 2.88. The zero-order valence-electron chi connectivity index (χ0n) is 12.2. The molecule has 3 heteroatoms. The van der Waals surface area contributed by atoms with Crippen molar-refractivity contribution in [2.45, 2.75) is 19.9 Å². The molecule has 3 nitrogen and oxygen atoms in total. The number of hydrogen-bond acceptors (Lipinski definition) is 3. The fraction of sp³-hybridized carbons (Fsp3) is 0.500. The Hall–Kier alpha value is -1.32. The smallest absolute Gasteiger partial charge is 0.119 e. The molecule has 0 aliphatic carbocycles. The first-order chi connectivity index (χ1) is 9.30. The molecule has 19 heavy (non-hydrogen) atoms. The molecule has 0 fully saturated rings. The van der Waals surface area contributed by atoms with Crippen LogP contribution in [0.2, 0.25) is 0 Å². The monoisotopic (exact) mass is 262 g/mol. The Morgan fingerprint density at radius 2 is 2.21 bits per heavy atom. The Kier molecular flexibility index (Phi) is 7.94. The first-order valence-electron chi connectivity index (χ1n) is 6.99.